The van der Waals surface area contributed by atoms with Crippen LogP contribution in [0.25, 0.3) is 0 Å². The molecule has 0 heterocycles. The highest BCUT2D eigenvalue weighted by Crippen LogP contribution is 2.36. The summed E-state index contributed by atoms with van der Waals surface area (Å²) in [6.07, 6.45) is 7.08. The van der Waals surface area contributed by atoms with E-state index in [0.717, 1.165) is 18.4 Å². The van der Waals surface area contributed by atoms with Gasteiger partial charge in [-0.3, -0.25) is 0 Å². The van der Waals surface area contributed by atoms with E-state index in [9.17, 15) is 0 Å². The lowest BCUT2D eigenvalue weighted by atomic mass is 9.74. The summed E-state index contributed by atoms with van der Waals surface area (Å²) in [5, 5.41) is 3.78. The first kappa shape index (κ1) is 16.9. The molecule has 1 aliphatic carbocycles. The molecule has 1 nitrogen and oxygen atoms in total. The molecule has 1 N–H and O–H groups in total. The van der Waals surface area contributed by atoms with Crippen LogP contribution in [0.5, 0.6) is 0 Å². The molecule has 0 saturated heterocycles. The Labute approximate surface area is 135 Å². The molecule has 1 saturated carbocycles. The Morgan fingerprint density at radius 3 is 2.76 bits per heavy atom. The highest BCUT2D eigenvalue weighted by atomic mass is 32.2. The van der Waals surface area contributed by atoms with Gasteiger partial charge in [-0.1, -0.05) is 57.2 Å². The van der Waals surface area contributed by atoms with Crippen molar-refractivity contribution in [1.29, 1.82) is 0 Å². The molecule has 2 rings (SSSR count). The molecule has 21 heavy (non-hydrogen) atoms. The third-order valence-electron chi connectivity index (χ3n) is 4.89. The van der Waals surface area contributed by atoms with E-state index in [1.165, 1.54) is 48.3 Å². The molecule has 0 amide bonds. The number of hydrogen-bond donors (Lipinski definition) is 1. The third kappa shape index (κ3) is 5.03. The molecule has 1 aliphatic rings. The first-order chi connectivity index (χ1) is 10.2. The Kier molecular flexibility index (Phi) is 7.12. The van der Waals surface area contributed by atoms with Crippen molar-refractivity contribution in [3.05, 3.63) is 29.8 Å². The second-order valence-corrected chi connectivity index (χ2v) is 7.50. The molecule has 1 aromatic carbocycles. The quantitative estimate of drug-likeness (QED) is 0.688. The van der Waals surface area contributed by atoms with Crippen molar-refractivity contribution in [1.82, 2.24) is 5.32 Å². The van der Waals surface area contributed by atoms with Gasteiger partial charge in [0.2, 0.25) is 0 Å². The number of rotatable bonds is 7. The fraction of sp³-hybridized carbons (Fsp3) is 0.684. The average molecular weight is 306 g/mol. The van der Waals surface area contributed by atoms with Crippen LogP contribution in [0.2, 0.25) is 0 Å². The van der Waals surface area contributed by atoms with Gasteiger partial charge in [-0.25, -0.2) is 0 Å². The summed E-state index contributed by atoms with van der Waals surface area (Å²) in [6.45, 7) is 7.89. The number of aryl methyl sites for hydroxylation is 1. The molecule has 3 unspecified atom stereocenters. The van der Waals surface area contributed by atoms with Crippen LogP contribution in [0.1, 0.15) is 51.5 Å². The summed E-state index contributed by atoms with van der Waals surface area (Å²) in [7, 11) is 0. The second-order valence-electron chi connectivity index (χ2n) is 6.41. The lowest BCUT2D eigenvalue weighted by Gasteiger charge is -2.37. The highest BCUT2D eigenvalue weighted by molar-refractivity contribution is 7.99. The maximum absolute atomic E-state index is 3.78. The molecule has 0 radical (unpaired) electrons. The van der Waals surface area contributed by atoms with Gasteiger partial charge in [-0.15, -0.1) is 11.8 Å². The maximum atomic E-state index is 3.78. The van der Waals surface area contributed by atoms with Gasteiger partial charge < -0.3 is 5.32 Å². The van der Waals surface area contributed by atoms with Crippen LogP contribution in [-0.4, -0.2) is 18.3 Å². The van der Waals surface area contributed by atoms with Crippen molar-refractivity contribution in [3.8, 4) is 0 Å². The molecular weight excluding hydrogens is 274 g/mol. The minimum Gasteiger partial charge on any atom is -0.313 e. The van der Waals surface area contributed by atoms with Crippen molar-refractivity contribution in [2.24, 2.45) is 11.8 Å². The molecular formula is C19H31NS. The zero-order chi connectivity index (χ0) is 15.1. The standard InChI is InChI=1S/C19H31NS/c1-4-16-10-6-7-12-18(16)19(20-5-2)14-21-17-11-8-9-15(3)13-17/h8-9,11,13,16,18-20H,4-7,10,12,14H2,1-3H3. The van der Waals surface area contributed by atoms with E-state index in [2.05, 4.69) is 50.4 Å². The number of hydrogen-bond acceptors (Lipinski definition) is 2. The van der Waals surface area contributed by atoms with Gasteiger partial charge in [0, 0.05) is 16.7 Å². The number of benzene rings is 1. The van der Waals surface area contributed by atoms with Crippen LogP contribution in [0.4, 0.5) is 0 Å². The molecule has 0 spiro atoms. The topological polar surface area (TPSA) is 12.0 Å². The monoisotopic (exact) mass is 305 g/mol. The zero-order valence-electron chi connectivity index (χ0n) is 13.9. The van der Waals surface area contributed by atoms with Crippen molar-refractivity contribution in [2.75, 3.05) is 12.3 Å². The van der Waals surface area contributed by atoms with Gasteiger partial charge in [0.15, 0.2) is 0 Å². The van der Waals surface area contributed by atoms with Crippen LogP contribution in [-0.2, 0) is 0 Å². The van der Waals surface area contributed by atoms with E-state index in [0.29, 0.717) is 6.04 Å². The van der Waals surface area contributed by atoms with E-state index in [1.54, 1.807) is 0 Å². The minimum atomic E-state index is 0.672. The minimum absolute atomic E-state index is 0.672. The van der Waals surface area contributed by atoms with E-state index in [-0.39, 0.29) is 0 Å². The number of thioether (sulfide) groups is 1. The summed E-state index contributed by atoms with van der Waals surface area (Å²) in [5.41, 5.74) is 1.36. The Bertz CT molecular complexity index is 418. The zero-order valence-corrected chi connectivity index (χ0v) is 14.7. The summed E-state index contributed by atoms with van der Waals surface area (Å²) in [6, 6.07) is 9.59. The predicted molar refractivity (Wildman–Crippen MR) is 95.1 cm³/mol. The van der Waals surface area contributed by atoms with Gasteiger partial charge in [-0.2, -0.15) is 0 Å². The van der Waals surface area contributed by atoms with Gasteiger partial charge in [0.25, 0.3) is 0 Å². The first-order valence-electron chi connectivity index (χ1n) is 8.67. The largest absolute Gasteiger partial charge is 0.313 e. The summed E-state index contributed by atoms with van der Waals surface area (Å²) in [5.74, 6) is 3.01. The van der Waals surface area contributed by atoms with Crippen LogP contribution >= 0.6 is 11.8 Å². The molecule has 0 aliphatic heterocycles. The van der Waals surface area contributed by atoms with Gasteiger partial charge in [0.1, 0.15) is 0 Å². The Morgan fingerprint density at radius 1 is 1.24 bits per heavy atom. The van der Waals surface area contributed by atoms with E-state index < -0.39 is 0 Å². The van der Waals surface area contributed by atoms with E-state index in [4.69, 9.17) is 0 Å². The van der Waals surface area contributed by atoms with Gasteiger partial charge in [-0.05, 0) is 43.9 Å². The second kappa shape index (κ2) is 8.85. The van der Waals surface area contributed by atoms with Crippen LogP contribution < -0.4 is 5.32 Å². The maximum Gasteiger partial charge on any atom is 0.0192 e. The summed E-state index contributed by atoms with van der Waals surface area (Å²) in [4.78, 5) is 1.42. The molecule has 118 valence electrons. The van der Waals surface area contributed by atoms with E-state index in [1.807, 2.05) is 11.8 Å². The van der Waals surface area contributed by atoms with Crippen molar-refractivity contribution >= 4 is 11.8 Å². The normalized spacial score (nSPS) is 24.0. The van der Waals surface area contributed by atoms with Crippen molar-refractivity contribution < 1.29 is 0 Å². The molecule has 1 aromatic rings. The van der Waals surface area contributed by atoms with Crippen LogP contribution in [0.3, 0.4) is 0 Å². The van der Waals surface area contributed by atoms with Gasteiger partial charge in [0.05, 0.1) is 0 Å². The average Bonchev–Trinajstić information content (AvgIpc) is 2.51. The third-order valence-corrected chi connectivity index (χ3v) is 6.01. The summed E-state index contributed by atoms with van der Waals surface area (Å²) < 4.78 is 0. The van der Waals surface area contributed by atoms with Gasteiger partial charge >= 0.3 is 0 Å². The molecule has 0 bridgehead atoms. The first-order valence-corrected chi connectivity index (χ1v) is 9.66. The molecule has 3 atom stereocenters. The fourth-order valence-electron chi connectivity index (χ4n) is 3.76. The van der Waals surface area contributed by atoms with Crippen LogP contribution in [0.15, 0.2) is 29.2 Å². The molecule has 2 heteroatoms. The lowest BCUT2D eigenvalue weighted by Crippen LogP contribution is -2.42. The van der Waals surface area contributed by atoms with Crippen LogP contribution in [0, 0.1) is 18.8 Å². The van der Waals surface area contributed by atoms with E-state index >= 15 is 0 Å². The lowest BCUT2D eigenvalue weighted by molar-refractivity contribution is 0.186. The Morgan fingerprint density at radius 2 is 2.05 bits per heavy atom. The Hall–Kier alpha value is -0.470. The summed E-state index contributed by atoms with van der Waals surface area (Å²) >= 11 is 2.03. The highest BCUT2D eigenvalue weighted by Gasteiger charge is 2.30. The molecule has 1 fully saturated rings. The SMILES string of the molecule is CCNC(CSc1cccc(C)c1)C1CCCCC1CC. The molecule has 0 aromatic heterocycles. The van der Waals surface area contributed by atoms with Crippen molar-refractivity contribution in [2.45, 2.75) is 63.8 Å². The Balaban J connectivity index is 1.97. The fourth-order valence-corrected chi connectivity index (χ4v) is 4.94. The smallest absolute Gasteiger partial charge is 0.0192 e. The predicted octanol–water partition coefficient (Wildman–Crippen LogP) is 5.28. The number of nitrogens with one attached hydrogen (secondary N) is 1. The van der Waals surface area contributed by atoms with Crippen molar-refractivity contribution in [3.63, 3.8) is 0 Å².